The molecule has 0 aliphatic carbocycles. The molecule has 0 amide bonds. The number of rotatable bonds is 5. The van der Waals surface area contributed by atoms with Crippen molar-refractivity contribution in [3.8, 4) is 0 Å². The minimum atomic E-state index is -0.0387. The van der Waals surface area contributed by atoms with Crippen molar-refractivity contribution in [1.29, 1.82) is 0 Å². The van der Waals surface area contributed by atoms with Gasteiger partial charge >= 0.3 is 0 Å². The predicted molar refractivity (Wildman–Crippen MR) is 104 cm³/mol. The van der Waals surface area contributed by atoms with Crippen LogP contribution in [-0.2, 0) is 15.8 Å². The van der Waals surface area contributed by atoms with Crippen LogP contribution in [0.2, 0.25) is 0 Å². The van der Waals surface area contributed by atoms with E-state index in [-0.39, 0.29) is 16.6 Å². The molecule has 1 heterocycles. The highest BCUT2D eigenvalue weighted by atomic mass is 32.2. The fraction of sp³-hybridized carbons (Fsp3) is 0.400. The van der Waals surface area contributed by atoms with Gasteiger partial charge in [0.15, 0.2) is 0 Å². The lowest BCUT2D eigenvalue weighted by Crippen LogP contribution is -2.40. The maximum absolute atomic E-state index is 10.3. The number of thiol groups is 1. The van der Waals surface area contributed by atoms with Crippen molar-refractivity contribution in [2.24, 2.45) is 5.92 Å². The fourth-order valence-corrected chi connectivity index (χ4v) is 7.50. The normalized spacial score (nSPS) is 25.9. The summed E-state index contributed by atoms with van der Waals surface area (Å²) in [4.78, 5) is 0. The van der Waals surface area contributed by atoms with E-state index in [1.165, 1.54) is 40.8 Å². The van der Waals surface area contributed by atoms with Crippen molar-refractivity contribution >= 4 is 23.5 Å². The van der Waals surface area contributed by atoms with E-state index in [4.69, 9.17) is 0 Å². The molecule has 1 saturated heterocycles. The van der Waals surface area contributed by atoms with E-state index >= 15 is 0 Å². The van der Waals surface area contributed by atoms with Gasteiger partial charge in [0, 0.05) is 17.2 Å². The molecule has 1 N–H and O–H groups in total. The molecule has 1 fully saturated rings. The van der Waals surface area contributed by atoms with Crippen molar-refractivity contribution in [1.82, 2.24) is 0 Å². The Morgan fingerprint density at radius 3 is 2.30 bits per heavy atom. The van der Waals surface area contributed by atoms with E-state index in [0.29, 0.717) is 0 Å². The van der Waals surface area contributed by atoms with Crippen molar-refractivity contribution in [2.45, 2.75) is 23.3 Å². The average Bonchev–Trinajstić information content (AvgIpc) is 2.64. The molecule has 0 bridgehead atoms. The van der Waals surface area contributed by atoms with Gasteiger partial charge in [-0.15, -0.1) is 0 Å². The van der Waals surface area contributed by atoms with Crippen molar-refractivity contribution in [2.75, 3.05) is 18.1 Å². The summed E-state index contributed by atoms with van der Waals surface area (Å²) < 4.78 is -0.0387. The second kappa shape index (κ2) is 7.78. The van der Waals surface area contributed by atoms with Crippen molar-refractivity contribution < 1.29 is 5.11 Å². The number of thioether (sulfide) groups is 1. The third-order valence-corrected chi connectivity index (χ3v) is 8.86. The molecule has 0 radical (unpaired) electrons. The van der Waals surface area contributed by atoms with E-state index in [1.807, 2.05) is 6.07 Å². The summed E-state index contributed by atoms with van der Waals surface area (Å²) in [5.74, 6) is 3.34. The van der Waals surface area contributed by atoms with Gasteiger partial charge in [-0.2, -0.15) is 0 Å². The van der Waals surface area contributed by atoms with Gasteiger partial charge < -0.3 is 5.11 Å². The predicted octanol–water partition coefficient (Wildman–Crippen LogP) is 4.20. The lowest BCUT2D eigenvalue weighted by molar-refractivity contribution is 0.257. The van der Waals surface area contributed by atoms with E-state index in [0.717, 1.165) is 5.92 Å². The van der Waals surface area contributed by atoms with Gasteiger partial charge in [0.1, 0.15) is 5.75 Å². The zero-order chi connectivity index (χ0) is 16.1. The van der Waals surface area contributed by atoms with E-state index in [2.05, 4.69) is 73.3 Å². The van der Waals surface area contributed by atoms with Crippen LogP contribution in [0.5, 0.6) is 0 Å². The molecular weight excluding hydrogens is 320 g/mol. The van der Waals surface area contributed by atoms with Gasteiger partial charge in [-0.3, -0.25) is 0 Å². The minimum Gasteiger partial charge on any atom is -0.395 e. The van der Waals surface area contributed by atoms with E-state index < -0.39 is 0 Å². The summed E-state index contributed by atoms with van der Waals surface area (Å²) in [5.41, 5.74) is 2.60. The Kier molecular flexibility index (Phi) is 5.73. The molecule has 1 nitrogen and oxygen atoms in total. The van der Waals surface area contributed by atoms with Crippen molar-refractivity contribution in [3.05, 3.63) is 71.8 Å². The molecular formula is C20H25OS2+. The summed E-state index contributed by atoms with van der Waals surface area (Å²) in [7, 11) is 0. The van der Waals surface area contributed by atoms with Crippen LogP contribution in [0.3, 0.4) is 0 Å². The van der Waals surface area contributed by atoms with Gasteiger partial charge in [-0.05, 0) is 23.7 Å². The zero-order valence-electron chi connectivity index (χ0n) is 13.6. The molecule has 2 aromatic carbocycles. The minimum absolute atomic E-state index is 0.0387. The molecule has 1 aliphatic rings. The summed E-state index contributed by atoms with van der Waals surface area (Å²) in [6.07, 6.45) is 1.25. The molecule has 23 heavy (non-hydrogen) atoms. The Morgan fingerprint density at radius 2 is 1.78 bits per heavy atom. The number of hydrogen-bond donors (Lipinski definition) is 1. The van der Waals surface area contributed by atoms with E-state index in [1.54, 1.807) is 0 Å². The molecule has 122 valence electrons. The second-order valence-corrected chi connectivity index (χ2v) is 9.09. The summed E-state index contributed by atoms with van der Waals surface area (Å²) >= 11 is 3.49. The van der Waals surface area contributed by atoms with Crippen LogP contribution >= 0.6 is 11.8 Å². The molecule has 3 atom stereocenters. The van der Waals surface area contributed by atoms with E-state index in [9.17, 15) is 5.11 Å². The van der Waals surface area contributed by atoms with Crippen LogP contribution < -0.4 is 0 Å². The Hall–Kier alpha value is -0.900. The number of benzene rings is 2. The Labute approximate surface area is 147 Å². The molecule has 0 aromatic heterocycles. The topological polar surface area (TPSA) is 20.2 Å². The lowest BCUT2D eigenvalue weighted by atomic mass is 9.91. The van der Waals surface area contributed by atoms with Crippen LogP contribution in [0.15, 0.2) is 60.7 Å². The van der Waals surface area contributed by atoms with Crippen LogP contribution in [0.4, 0.5) is 0 Å². The first-order valence-corrected chi connectivity index (χ1v) is 10.4. The molecule has 3 rings (SSSR count). The summed E-state index contributed by atoms with van der Waals surface area (Å²) in [5, 5.41) is 10.3. The van der Waals surface area contributed by atoms with Gasteiger partial charge in [0.2, 0.25) is 4.08 Å². The Bertz CT molecular complexity index is 592. The molecule has 3 heteroatoms. The van der Waals surface area contributed by atoms with Crippen LogP contribution in [0.25, 0.3) is 0 Å². The fourth-order valence-electron chi connectivity index (χ4n) is 3.26. The smallest absolute Gasteiger partial charge is 0.205 e. The maximum Gasteiger partial charge on any atom is 0.205 e. The molecule has 2 aromatic rings. The highest BCUT2D eigenvalue weighted by Crippen LogP contribution is 2.52. The number of aliphatic hydroxyl groups excluding tert-OH is 1. The summed E-state index contributed by atoms with van der Waals surface area (Å²) in [6.45, 7) is 2.48. The molecule has 0 spiro atoms. The van der Waals surface area contributed by atoms with Gasteiger partial charge in [-0.1, -0.05) is 79.3 Å². The largest absolute Gasteiger partial charge is 0.395 e. The third-order valence-electron chi connectivity index (χ3n) is 4.75. The van der Waals surface area contributed by atoms with Crippen molar-refractivity contribution in [3.63, 3.8) is 0 Å². The first-order chi connectivity index (χ1) is 11.3. The average molecular weight is 346 g/mol. The second-order valence-electron chi connectivity index (χ2n) is 6.13. The highest BCUT2D eigenvalue weighted by Gasteiger charge is 2.51. The maximum atomic E-state index is 10.3. The summed E-state index contributed by atoms with van der Waals surface area (Å²) in [6, 6.07) is 21.3. The SMILES string of the molecule is CCC1CSC(c2ccccc2)(C(CO)c2ccccc2)[SH+]C1. The zero-order valence-corrected chi connectivity index (χ0v) is 15.3. The lowest BCUT2D eigenvalue weighted by Gasteiger charge is -2.38. The Morgan fingerprint density at radius 1 is 1.13 bits per heavy atom. The third kappa shape index (κ3) is 3.47. The number of hydrogen-bond acceptors (Lipinski definition) is 2. The Balaban J connectivity index is 2.01. The van der Waals surface area contributed by atoms with Gasteiger partial charge in [-0.25, -0.2) is 0 Å². The standard InChI is InChI=1S/C20H24OS2/c1-2-16-14-22-20(23-15-16,18-11-7-4-8-12-18)19(13-21)17-9-5-3-6-10-17/h3-12,16,19,21H,2,13-15H2,1H3/p+1. The highest BCUT2D eigenvalue weighted by molar-refractivity contribution is 8.10. The van der Waals surface area contributed by atoms with Crippen LogP contribution in [0, 0.1) is 5.92 Å². The molecule has 3 unspecified atom stereocenters. The quantitative estimate of drug-likeness (QED) is 0.647. The first kappa shape index (κ1) is 16.9. The van der Waals surface area contributed by atoms with Crippen LogP contribution in [0.1, 0.15) is 30.4 Å². The first-order valence-electron chi connectivity index (χ1n) is 8.34. The monoisotopic (exact) mass is 345 g/mol. The number of aliphatic hydroxyl groups is 1. The van der Waals surface area contributed by atoms with Crippen LogP contribution in [-0.4, -0.2) is 23.2 Å². The van der Waals surface area contributed by atoms with Gasteiger partial charge in [0.05, 0.1) is 12.5 Å². The molecule has 1 aliphatic heterocycles. The molecule has 0 saturated carbocycles. The van der Waals surface area contributed by atoms with Gasteiger partial charge in [0.25, 0.3) is 0 Å².